The Morgan fingerprint density at radius 3 is 3.17 bits per heavy atom. The molecule has 0 bridgehead atoms. The van der Waals surface area contributed by atoms with E-state index in [1.54, 1.807) is 0 Å². The van der Waals surface area contributed by atoms with Crippen molar-refractivity contribution in [2.45, 2.75) is 37.8 Å². The van der Waals surface area contributed by atoms with E-state index in [4.69, 9.17) is 0 Å². The second-order valence-electron chi connectivity index (χ2n) is 5.03. The summed E-state index contributed by atoms with van der Waals surface area (Å²) < 4.78 is 0. The molecule has 7 heteroatoms. The van der Waals surface area contributed by atoms with Gasteiger partial charge in [-0.1, -0.05) is 11.5 Å². The predicted molar refractivity (Wildman–Crippen MR) is 66.5 cm³/mol. The molecule has 2 unspecified atom stereocenters. The molecule has 2 atom stereocenters. The third kappa shape index (κ3) is 1.94. The van der Waals surface area contributed by atoms with Crippen LogP contribution in [0.15, 0.2) is 6.20 Å². The Kier molecular flexibility index (Phi) is 2.91. The maximum Gasteiger partial charge on any atom is 0.366 e. The lowest BCUT2D eigenvalue weighted by Gasteiger charge is -2.32. The molecule has 2 saturated heterocycles. The van der Waals surface area contributed by atoms with Gasteiger partial charge in [0, 0.05) is 18.6 Å². The molecule has 2 aliphatic heterocycles. The fraction of sp³-hybridized carbons (Fsp3) is 0.727. The first-order chi connectivity index (χ1) is 8.75. The maximum absolute atomic E-state index is 10.8. The molecule has 0 amide bonds. The Morgan fingerprint density at radius 1 is 1.44 bits per heavy atom. The van der Waals surface area contributed by atoms with Crippen molar-refractivity contribution in [1.82, 2.24) is 15.1 Å². The number of aromatic nitrogens is 2. The van der Waals surface area contributed by atoms with Crippen molar-refractivity contribution in [3.63, 3.8) is 0 Å². The van der Waals surface area contributed by atoms with Crippen molar-refractivity contribution < 1.29 is 4.92 Å². The zero-order valence-corrected chi connectivity index (χ0v) is 10.1. The van der Waals surface area contributed by atoms with E-state index < -0.39 is 4.92 Å². The van der Waals surface area contributed by atoms with Gasteiger partial charge >= 0.3 is 5.82 Å². The predicted octanol–water partition coefficient (Wildman–Crippen LogP) is 1.36. The van der Waals surface area contributed by atoms with Crippen LogP contribution in [0.3, 0.4) is 0 Å². The summed E-state index contributed by atoms with van der Waals surface area (Å²) in [6.07, 6.45) is 6.27. The quantitative estimate of drug-likeness (QED) is 0.625. The highest BCUT2D eigenvalue weighted by Crippen LogP contribution is 2.31. The lowest BCUT2D eigenvalue weighted by Crippen LogP contribution is -2.41. The van der Waals surface area contributed by atoms with Crippen LogP contribution in [-0.2, 0) is 0 Å². The van der Waals surface area contributed by atoms with E-state index >= 15 is 0 Å². The van der Waals surface area contributed by atoms with Crippen LogP contribution in [0.4, 0.5) is 11.5 Å². The Labute approximate surface area is 105 Å². The molecule has 0 saturated carbocycles. The number of hydrogen-bond donors (Lipinski definition) is 2. The lowest BCUT2D eigenvalue weighted by molar-refractivity contribution is -0.388. The van der Waals surface area contributed by atoms with E-state index in [1.165, 1.54) is 25.5 Å². The summed E-state index contributed by atoms with van der Waals surface area (Å²) in [4.78, 5) is 12.9. The largest absolute Gasteiger partial charge is 0.372 e. The summed E-state index contributed by atoms with van der Waals surface area (Å²) in [6.45, 7) is 2.25. The average molecular weight is 251 g/mol. The van der Waals surface area contributed by atoms with Crippen molar-refractivity contribution in [1.29, 1.82) is 0 Å². The summed E-state index contributed by atoms with van der Waals surface area (Å²) in [7, 11) is 0. The summed E-state index contributed by atoms with van der Waals surface area (Å²) in [5.74, 6) is -0.0377. The second-order valence-corrected chi connectivity index (χ2v) is 5.03. The normalized spacial score (nSPS) is 28.0. The van der Waals surface area contributed by atoms with Gasteiger partial charge < -0.3 is 15.4 Å². The van der Waals surface area contributed by atoms with Gasteiger partial charge in [-0.15, -0.1) is 5.10 Å². The SMILES string of the molecule is O=[N+]([O-])c1[nH]ncc1NC1CCN2CCCCC12. The van der Waals surface area contributed by atoms with Gasteiger partial charge in [0.25, 0.3) is 0 Å². The van der Waals surface area contributed by atoms with E-state index in [0.29, 0.717) is 17.8 Å². The molecule has 0 spiro atoms. The summed E-state index contributed by atoms with van der Waals surface area (Å²) in [5, 5.41) is 20.3. The fourth-order valence-corrected chi connectivity index (χ4v) is 3.14. The zero-order valence-electron chi connectivity index (χ0n) is 10.1. The molecule has 2 N–H and O–H groups in total. The van der Waals surface area contributed by atoms with Gasteiger partial charge in [-0.2, -0.15) is 0 Å². The smallest absolute Gasteiger partial charge is 0.366 e. The number of fused-ring (bicyclic) bond motifs is 1. The van der Waals surface area contributed by atoms with Crippen LogP contribution < -0.4 is 5.32 Å². The Morgan fingerprint density at radius 2 is 2.33 bits per heavy atom. The maximum atomic E-state index is 10.8. The zero-order chi connectivity index (χ0) is 12.5. The minimum atomic E-state index is -0.428. The van der Waals surface area contributed by atoms with Crippen LogP contribution >= 0.6 is 0 Å². The number of rotatable bonds is 3. The van der Waals surface area contributed by atoms with Gasteiger partial charge in [0.05, 0.1) is 0 Å². The van der Waals surface area contributed by atoms with Crippen LogP contribution in [0.2, 0.25) is 0 Å². The van der Waals surface area contributed by atoms with E-state index in [-0.39, 0.29) is 5.82 Å². The molecular weight excluding hydrogens is 234 g/mol. The van der Waals surface area contributed by atoms with E-state index in [1.807, 2.05) is 0 Å². The first kappa shape index (κ1) is 11.5. The van der Waals surface area contributed by atoms with Crippen molar-refractivity contribution >= 4 is 11.5 Å². The molecule has 1 aromatic heterocycles. The number of anilines is 1. The number of piperidine rings is 1. The number of hydrogen-bond acceptors (Lipinski definition) is 5. The van der Waals surface area contributed by atoms with Crippen LogP contribution in [0.5, 0.6) is 0 Å². The molecule has 1 aromatic rings. The van der Waals surface area contributed by atoms with E-state index in [0.717, 1.165) is 19.5 Å². The van der Waals surface area contributed by atoms with Gasteiger partial charge in [0.2, 0.25) is 0 Å². The lowest BCUT2D eigenvalue weighted by atomic mass is 9.99. The van der Waals surface area contributed by atoms with Crippen LogP contribution in [-0.4, -0.2) is 45.2 Å². The van der Waals surface area contributed by atoms with Gasteiger partial charge in [-0.05, 0) is 30.7 Å². The molecular formula is C11H17N5O2. The standard InChI is InChI=1S/C11H17N5O2/c17-16(18)11-9(7-12-14-11)13-8-4-6-15-5-2-1-3-10(8)15/h7-8,10,13H,1-6H2,(H,12,14). The third-order valence-corrected chi connectivity index (χ3v) is 4.00. The summed E-state index contributed by atoms with van der Waals surface area (Å²) in [5.41, 5.74) is 0.512. The van der Waals surface area contributed by atoms with E-state index in [9.17, 15) is 10.1 Å². The van der Waals surface area contributed by atoms with Crippen LogP contribution in [0.1, 0.15) is 25.7 Å². The average Bonchev–Trinajstić information content (AvgIpc) is 2.97. The minimum Gasteiger partial charge on any atom is -0.372 e. The topological polar surface area (TPSA) is 87.1 Å². The minimum absolute atomic E-state index is 0.0377. The number of nitro groups is 1. The first-order valence-electron chi connectivity index (χ1n) is 6.44. The highest BCUT2D eigenvalue weighted by Gasteiger charge is 2.36. The number of nitrogens with zero attached hydrogens (tertiary/aromatic N) is 3. The first-order valence-corrected chi connectivity index (χ1v) is 6.44. The molecule has 3 heterocycles. The van der Waals surface area contributed by atoms with Crippen LogP contribution in [0.25, 0.3) is 0 Å². The number of nitrogens with one attached hydrogen (secondary N) is 2. The fourth-order valence-electron chi connectivity index (χ4n) is 3.14. The molecule has 98 valence electrons. The van der Waals surface area contributed by atoms with Gasteiger partial charge in [-0.25, -0.2) is 0 Å². The third-order valence-electron chi connectivity index (χ3n) is 4.00. The van der Waals surface area contributed by atoms with Gasteiger partial charge in [-0.3, -0.25) is 4.90 Å². The van der Waals surface area contributed by atoms with Gasteiger partial charge in [0.15, 0.2) is 5.69 Å². The Balaban J connectivity index is 1.72. The van der Waals surface area contributed by atoms with Crippen molar-refractivity contribution in [2.75, 3.05) is 18.4 Å². The molecule has 0 radical (unpaired) electrons. The van der Waals surface area contributed by atoms with Crippen molar-refractivity contribution in [3.05, 3.63) is 16.3 Å². The molecule has 2 aliphatic rings. The number of H-pyrrole nitrogens is 1. The molecule has 3 rings (SSSR count). The molecule has 18 heavy (non-hydrogen) atoms. The molecule has 0 aromatic carbocycles. The second kappa shape index (κ2) is 4.56. The molecule has 0 aliphatic carbocycles. The summed E-state index contributed by atoms with van der Waals surface area (Å²) in [6, 6.07) is 0.829. The Bertz CT molecular complexity index is 446. The molecule has 7 nitrogen and oxygen atoms in total. The highest BCUT2D eigenvalue weighted by atomic mass is 16.6. The van der Waals surface area contributed by atoms with Crippen molar-refractivity contribution in [3.8, 4) is 0 Å². The monoisotopic (exact) mass is 251 g/mol. The highest BCUT2D eigenvalue weighted by molar-refractivity contribution is 5.56. The summed E-state index contributed by atoms with van der Waals surface area (Å²) >= 11 is 0. The van der Waals surface area contributed by atoms with Gasteiger partial charge in [0.1, 0.15) is 6.20 Å². The van der Waals surface area contributed by atoms with Crippen LogP contribution in [0, 0.1) is 10.1 Å². The molecule has 2 fully saturated rings. The number of aromatic amines is 1. The Hall–Kier alpha value is -1.63. The van der Waals surface area contributed by atoms with Crippen molar-refractivity contribution in [2.24, 2.45) is 0 Å². The van der Waals surface area contributed by atoms with E-state index in [2.05, 4.69) is 20.4 Å².